The van der Waals surface area contributed by atoms with Gasteiger partial charge in [0.25, 0.3) is 0 Å². The molecule has 0 fully saturated rings. The lowest BCUT2D eigenvalue weighted by atomic mass is 10.2. The molecule has 6 heteroatoms. The molecule has 0 amide bonds. The van der Waals surface area contributed by atoms with Gasteiger partial charge in [0.15, 0.2) is 5.16 Å². The lowest BCUT2D eigenvalue weighted by Crippen LogP contribution is -1.98. The summed E-state index contributed by atoms with van der Waals surface area (Å²) in [5.74, 6) is 1.40. The van der Waals surface area contributed by atoms with Crippen LogP contribution in [0.25, 0.3) is 0 Å². The number of ether oxygens (including phenoxy) is 1. The predicted octanol–water partition coefficient (Wildman–Crippen LogP) is 3.48. The van der Waals surface area contributed by atoms with Gasteiger partial charge in [0.2, 0.25) is 5.88 Å². The molecule has 1 aromatic carbocycles. The van der Waals surface area contributed by atoms with Crippen LogP contribution in [0.4, 0.5) is 10.2 Å². The molecule has 0 spiro atoms. The van der Waals surface area contributed by atoms with Gasteiger partial charge in [-0.3, -0.25) is 0 Å². The zero-order valence-electron chi connectivity index (χ0n) is 10.9. The SMILES string of the molecule is CNc1cc(Oc2ccc(F)cc2C)nc(SC)n1. The third-order valence-electron chi connectivity index (χ3n) is 2.47. The van der Waals surface area contributed by atoms with E-state index in [2.05, 4.69) is 15.3 Å². The van der Waals surface area contributed by atoms with Crippen molar-refractivity contribution in [1.29, 1.82) is 0 Å². The normalized spacial score (nSPS) is 10.3. The number of anilines is 1. The van der Waals surface area contributed by atoms with Crippen LogP contribution in [-0.2, 0) is 0 Å². The summed E-state index contributed by atoms with van der Waals surface area (Å²) in [6.45, 7) is 1.79. The number of hydrogen-bond donors (Lipinski definition) is 1. The van der Waals surface area contributed by atoms with Gasteiger partial charge < -0.3 is 10.1 Å². The van der Waals surface area contributed by atoms with E-state index in [1.807, 2.05) is 6.26 Å². The summed E-state index contributed by atoms with van der Waals surface area (Å²) in [5.41, 5.74) is 0.718. The van der Waals surface area contributed by atoms with E-state index in [0.29, 0.717) is 22.6 Å². The van der Waals surface area contributed by atoms with Crippen LogP contribution in [0.3, 0.4) is 0 Å². The lowest BCUT2D eigenvalue weighted by molar-refractivity contribution is 0.451. The third-order valence-corrected chi connectivity index (χ3v) is 3.02. The number of thioether (sulfide) groups is 1. The van der Waals surface area contributed by atoms with Crippen LogP contribution in [0.15, 0.2) is 29.4 Å². The van der Waals surface area contributed by atoms with Crippen LogP contribution in [0.2, 0.25) is 0 Å². The highest BCUT2D eigenvalue weighted by atomic mass is 32.2. The van der Waals surface area contributed by atoms with Crippen LogP contribution >= 0.6 is 11.8 Å². The van der Waals surface area contributed by atoms with E-state index in [9.17, 15) is 4.39 Å². The van der Waals surface area contributed by atoms with Gasteiger partial charge in [0.05, 0.1) is 0 Å². The van der Waals surface area contributed by atoms with E-state index in [1.165, 1.54) is 23.9 Å². The van der Waals surface area contributed by atoms with Gasteiger partial charge >= 0.3 is 0 Å². The number of hydrogen-bond acceptors (Lipinski definition) is 5. The standard InChI is InChI=1S/C13H14FN3OS/c1-8-6-9(14)4-5-10(8)18-12-7-11(15-2)16-13(17-12)19-3/h4-7H,1-3H3,(H,15,16,17). The van der Waals surface area contributed by atoms with E-state index < -0.39 is 0 Å². The van der Waals surface area contributed by atoms with Crippen molar-refractivity contribution in [2.75, 3.05) is 18.6 Å². The van der Waals surface area contributed by atoms with E-state index in [-0.39, 0.29) is 5.82 Å². The smallest absolute Gasteiger partial charge is 0.225 e. The monoisotopic (exact) mass is 279 g/mol. The molecular weight excluding hydrogens is 265 g/mol. The topological polar surface area (TPSA) is 47.0 Å². The maximum absolute atomic E-state index is 13.0. The van der Waals surface area contributed by atoms with Crippen LogP contribution in [-0.4, -0.2) is 23.3 Å². The Morgan fingerprint density at radius 1 is 1.26 bits per heavy atom. The molecule has 0 atom stereocenters. The molecule has 100 valence electrons. The summed E-state index contributed by atoms with van der Waals surface area (Å²) < 4.78 is 18.7. The molecule has 0 aliphatic heterocycles. The number of benzene rings is 1. The molecule has 0 unspecified atom stereocenters. The first kappa shape index (κ1) is 13.6. The van der Waals surface area contributed by atoms with E-state index >= 15 is 0 Å². The quantitative estimate of drug-likeness (QED) is 0.686. The third kappa shape index (κ3) is 3.35. The van der Waals surface area contributed by atoms with Crippen molar-refractivity contribution in [3.63, 3.8) is 0 Å². The van der Waals surface area contributed by atoms with E-state index in [1.54, 1.807) is 26.1 Å². The average Bonchev–Trinajstić information content (AvgIpc) is 2.41. The van der Waals surface area contributed by atoms with Crippen molar-refractivity contribution in [3.05, 3.63) is 35.6 Å². The molecule has 0 saturated heterocycles. The molecular formula is C13H14FN3OS. The Bertz CT molecular complexity index is 570. The first-order valence-corrected chi connectivity index (χ1v) is 6.89. The predicted molar refractivity (Wildman–Crippen MR) is 74.6 cm³/mol. The largest absolute Gasteiger partial charge is 0.439 e. The fourth-order valence-electron chi connectivity index (χ4n) is 1.52. The first-order chi connectivity index (χ1) is 9.12. The highest BCUT2D eigenvalue weighted by Gasteiger charge is 2.07. The zero-order valence-corrected chi connectivity index (χ0v) is 11.7. The Hall–Kier alpha value is -1.82. The Balaban J connectivity index is 2.31. The van der Waals surface area contributed by atoms with Crippen LogP contribution in [0.5, 0.6) is 11.6 Å². The molecule has 0 aliphatic rings. The maximum atomic E-state index is 13.0. The first-order valence-electron chi connectivity index (χ1n) is 5.67. The number of aryl methyl sites for hydroxylation is 1. The molecule has 1 heterocycles. The second kappa shape index (κ2) is 5.88. The summed E-state index contributed by atoms with van der Waals surface area (Å²) >= 11 is 1.43. The minimum absolute atomic E-state index is 0.284. The van der Waals surface area contributed by atoms with Crippen molar-refractivity contribution in [2.24, 2.45) is 0 Å². The molecule has 0 aliphatic carbocycles. The second-order valence-electron chi connectivity index (χ2n) is 3.84. The molecule has 2 aromatic rings. The van der Waals surface area contributed by atoms with E-state index in [4.69, 9.17) is 4.74 Å². The Kier molecular flexibility index (Phi) is 4.21. The number of nitrogens with zero attached hydrogens (tertiary/aromatic N) is 2. The minimum atomic E-state index is -0.284. The molecule has 1 N–H and O–H groups in total. The van der Waals surface area contributed by atoms with Gasteiger partial charge in [-0.05, 0) is 36.9 Å². The highest BCUT2D eigenvalue weighted by molar-refractivity contribution is 7.98. The summed E-state index contributed by atoms with van der Waals surface area (Å²) in [4.78, 5) is 8.50. The Morgan fingerprint density at radius 3 is 2.68 bits per heavy atom. The van der Waals surface area contributed by atoms with Crippen molar-refractivity contribution in [2.45, 2.75) is 12.1 Å². The fraction of sp³-hybridized carbons (Fsp3) is 0.231. The van der Waals surface area contributed by atoms with Crippen LogP contribution in [0, 0.1) is 12.7 Å². The number of nitrogens with one attached hydrogen (secondary N) is 1. The molecule has 4 nitrogen and oxygen atoms in total. The van der Waals surface area contributed by atoms with Crippen molar-refractivity contribution in [1.82, 2.24) is 9.97 Å². The molecule has 0 saturated carbocycles. The summed E-state index contributed by atoms with van der Waals surface area (Å²) in [7, 11) is 1.78. The number of aromatic nitrogens is 2. The van der Waals surface area contributed by atoms with Gasteiger partial charge in [-0.25, -0.2) is 9.37 Å². The molecule has 0 bridgehead atoms. The van der Waals surface area contributed by atoms with Crippen molar-refractivity contribution in [3.8, 4) is 11.6 Å². The zero-order chi connectivity index (χ0) is 13.8. The Morgan fingerprint density at radius 2 is 2.05 bits per heavy atom. The van der Waals surface area contributed by atoms with Crippen LogP contribution in [0.1, 0.15) is 5.56 Å². The second-order valence-corrected chi connectivity index (χ2v) is 4.61. The fourth-order valence-corrected chi connectivity index (χ4v) is 1.89. The highest BCUT2D eigenvalue weighted by Crippen LogP contribution is 2.26. The summed E-state index contributed by atoms with van der Waals surface area (Å²) in [5, 5.41) is 3.56. The van der Waals surface area contributed by atoms with Crippen molar-refractivity contribution >= 4 is 17.6 Å². The summed E-state index contributed by atoms with van der Waals surface area (Å²) in [6.07, 6.45) is 1.89. The molecule has 1 aromatic heterocycles. The van der Waals surface area contributed by atoms with Gasteiger partial charge in [0, 0.05) is 13.1 Å². The lowest BCUT2D eigenvalue weighted by Gasteiger charge is -2.10. The maximum Gasteiger partial charge on any atom is 0.225 e. The summed E-state index contributed by atoms with van der Waals surface area (Å²) in [6, 6.07) is 6.07. The van der Waals surface area contributed by atoms with Crippen LogP contribution < -0.4 is 10.1 Å². The van der Waals surface area contributed by atoms with Gasteiger partial charge in [-0.15, -0.1) is 0 Å². The number of rotatable bonds is 4. The Labute approximate surface area is 115 Å². The van der Waals surface area contributed by atoms with Gasteiger partial charge in [0.1, 0.15) is 17.4 Å². The van der Waals surface area contributed by atoms with E-state index in [0.717, 1.165) is 5.56 Å². The number of halogens is 1. The molecule has 0 radical (unpaired) electrons. The average molecular weight is 279 g/mol. The van der Waals surface area contributed by atoms with Gasteiger partial charge in [-0.1, -0.05) is 11.8 Å². The van der Waals surface area contributed by atoms with Gasteiger partial charge in [-0.2, -0.15) is 4.98 Å². The molecule has 19 heavy (non-hydrogen) atoms. The molecule has 2 rings (SSSR count). The van der Waals surface area contributed by atoms with Crippen molar-refractivity contribution < 1.29 is 9.13 Å². The minimum Gasteiger partial charge on any atom is -0.439 e.